The third-order valence-corrected chi connectivity index (χ3v) is 8.40. The lowest BCUT2D eigenvalue weighted by Gasteiger charge is -2.31. The number of hydrogen-bond donors (Lipinski definition) is 5. The molecule has 1 saturated heterocycles. The summed E-state index contributed by atoms with van der Waals surface area (Å²) in [6.45, 7) is 15.5. The van der Waals surface area contributed by atoms with Gasteiger partial charge in [0.1, 0.15) is 11.5 Å². The first-order valence-electron chi connectivity index (χ1n) is 17.7. The Hall–Kier alpha value is -6.25. The molecule has 5 N–H and O–H groups in total. The molecule has 284 valence electrons. The van der Waals surface area contributed by atoms with Gasteiger partial charge in [0.25, 0.3) is 0 Å². The number of rotatable bonds is 7. The fraction of sp³-hybridized carbons (Fsp3) is 0.359. The topological polar surface area (TPSA) is 192 Å². The molecule has 3 aromatic heterocycles. The third kappa shape index (κ3) is 11.4. The second-order valence-electron chi connectivity index (χ2n) is 15.1. The van der Waals surface area contributed by atoms with Crippen LogP contribution in [0.15, 0.2) is 88.2 Å². The Labute approximate surface area is 314 Å². The van der Waals surface area contributed by atoms with Crippen molar-refractivity contribution >= 4 is 52.6 Å². The summed E-state index contributed by atoms with van der Waals surface area (Å²) in [6, 6.07) is 19.0. The summed E-state index contributed by atoms with van der Waals surface area (Å²) in [5.74, 6) is 2.78. The number of carbonyl (C=O) groups excluding carboxylic acids is 3. The van der Waals surface area contributed by atoms with Crippen LogP contribution in [0.3, 0.4) is 0 Å². The van der Waals surface area contributed by atoms with Gasteiger partial charge in [-0.15, -0.1) is 0 Å². The van der Waals surface area contributed by atoms with Gasteiger partial charge in [-0.3, -0.25) is 15.4 Å². The van der Waals surface area contributed by atoms with Crippen molar-refractivity contribution in [2.24, 2.45) is 5.92 Å². The minimum absolute atomic E-state index is 0.00670. The largest absolute Gasteiger partial charge is 0.359 e. The molecule has 5 aromatic rings. The summed E-state index contributed by atoms with van der Waals surface area (Å²) in [4.78, 5) is 47.4. The van der Waals surface area contributed by atoms with Crippen molar-refractivity contribution in [2.45, 2.75) is 72.1 Å². The second-order valence-corrected chi connectivity index (χ2v) is 15.1. The van der Waals surface area contributed by atoms with Crippen molar-refractivity contribution < 1.29 is 23.4 Å². The Morgan fingerprint density at radius 3 is 1.50 bits per heavy atom. The van der Waals surface area contributed by atoms with Crippen molar-refractivity contribution in [3.05, 3.63) is 96.2 Å². The van der Waals surface area contributed by atoms with Crippen LogP contribution in [-0.2, 0) is 15.6 Å². The van der Waals surface area contributed by atoms with Gasteiger partial charge in [0.15, 0.2) is 11.6 Å². The lowest BCUT2D eigenvalue weighted by atomic mass is 9.93. The van der Waals surface area contributed by atoms with Gasteiger partial charge in [0.2, 0.25) is 11.9 Å². The van der Waals surface area contributed by atoms with Crippen LogP contribution in [0.5, 0.6) is 0 Å². The van der Waals surface area contributed by atoms with Crippen molar-refractivity contribution in [3.63, 3.8) is 0 Å². The molecule has 2 aromatic carbocycles. The molecular formula is C39H48N10O5. The third-order valence-electron chi connectivity index (χ3n) is 8.40. The second kappa shape index (κ2) is 17.1. The average Bonchev–Trinajstić information content (AvgIpc) is 3.81. The summed E-state index contributed by atoms with van der Waals surface area (Å²) in [7, 11) is 0. The Morgan fingerprint density at radius 1 is 0.648 bits per heavy atom. The first kappa shape index (κ1) is 39.0. The molecule has 0 bridgehead atoms. The molecule has 0 saturated carbocycles. The number of aromatic nitrogens is 4. The first-order chi connectivity index (χ1) is 25.6. The zero-order chi connectivity index (χ0) is 38.9. The van der Waals surface area contributed by atoms with E-state index in [1.165, 1.54) is 0 Å². The zero-order valence-electron chi connectivity index (χ0n) is 31.7. The Bertz CT molecular complexity index is 1990. The highest BCUT2D eigenvalue weighted by Gasteiger charge is 2.26. The predicted molar refractivity (Wildman–Crippen MR) is 209 cm³/mol. The number of benzene rings is 2. The molecule has 1 aliphatic heterocycles. The molecule has 0 spiro atoms. The van der Waals surface area contributed by atoms with Gasteiger partial charge in [-0.2, -0.15) is 0 Å². The Balaban J connectivity index is 0.000000239. The van der Waals surface area contributed by atoms with Gasteiger partial charge in [-0.25, -0.2) is 19.6 Å². The molecule has 54 heavy (non-hydrogen) atoms. The van der Waals surface area contributed by atoms with Gasteiger partial charge in [0.05, 0.1) is 0 Å². The van der Waals surface area contributed by atoms with E-state index < -0.39 is 6.03 Å². The minimum Gasteiger partial charge on any atom is -0.359 e. The number of carbonyl (C=O) groups is 3. The molecular weight excluding hydrogens is 688 g/mol. The van der Waals surface area contributed by atoms with Gasteiger partial charge in [0, 0.05) is 71.4 Å². The lowest BCUT2D eigenvalue weighted by Crippen LogP contribution is -2.39. The fourth-order valence-corrected chi connectivity index (χ4v) is 5.25. The molecule has 0 radical (unpaired) electrons. The SMILES string of the molecule is CC(C)(C)c1cc(NC(=O)Nc2ccc(NC(=O)C3CCN(c4ncccn4)CC3)cc2)no1.Cc1ccc(NC(=O)Nc2cc(C(C)(C)C)on2)cc1. The van der Waals surface area contributed by atoms with Crippen molar-refractivity contribution in [1.29, 1.82) is 0 Å². The average molecular weight is 737 g/mol. The molecule has 1 fully saturated rings. The summed E-state index contributed by atoms with van der Waals surface area (Å²) >= 11 is 0. The number of piperidine rings is 1. The smallest absolute Gasteiger partial charge is 0.324 e. The van der Waals surface area contributed by atoms with E-state index in [-0.39, 0.29) is 28.7 Å². The maximum Gasteiger partial charge on any atom is 0.324 e. The van der Waals surface area contributed by atoms with E-state index in [1.54, 1.807) is 54.9 Å². The van der Waals surface area contributed by atoms with E-state index in [4.69, 9.17) is 9.05 Å². The number of hydrogen-bond acceptors (Lipinski definition) is 10. The first-order valence-corrected chi connectivity index (χ1v) is 17.7. The molecule has 0 unspecified atom stereocenters. The van der Waals surface area contributed by atoms with E-state index in [1.807, 2.05) is 72.7 Å². The molecule has 5 amide bonds. The van der Waals surface area contributed by atoms with Crippen molar-refractivity contribution in [1.82, 2.24) is 20.3 Å². The summed E-state index contributed by atoms with van der Waals surface area (Å²) in [5, 5.41) is 21.4. The Kier molecular flexibility index (Phi) is 12.3. The number of anilines is 6. The highest BCUT2D eigenvalue weighted by molar-refractivity contribution is 6.00. The molecule has 15 heteroatoms. The van der Waals surface area contributed by atoms with Crippen LogP contribution in [0.4, 0.5) is 44.2 Å². The lowest BCUT2D eigenvalue weighted by molar-refractivity contribution is -0.120. The highest BCUT2D eigenvalue weighted by atomic mass is 16.5. The van der Waals surface area contributed by atoms with Gasteiger partial charge >= 0.3 is 12.1 Å². The molecule has 6 rings (SSSR count). The van der Waals surface area contributed by atoms with Crippen LogP contribution < -0.4 is 31.5 Å². The zero-order valence-corrected chi connectivity index (χ0v) is 31.7. The predicted octanol–water partition coefficient (Wildman–Crippen LogP) is 8.19. The van der Waals surface area contributed by atoms with E-state index in [9.17, 15) is 14.4 Å². The van der Waals surface area contributed by atoms with Crippen LogP contribution in [0.2, 0.25) is 0 Å². The van der Waals surface area contributed by atoms with E-state index in [0.29, 0.717) is 34.7 Å². The molecule has 4 heterocycles. The van der Waals surface area contributed by atoms with Crippen molar-refractivity contribution in [3.8, 4) is 0 Å². The van der Waals surface area contributed by atoms with Crippen LogP contribution in [0.1, 0.15) is 71.5 Å². The molecule has 15 nitrogen and oxygen atoms in total. The summed E-state index contributed by atoms with van der Waals surface area (Å²) in [5.41, 5.74) is 2.80. The van der Waals surface area contributed by atoms with Crippen LogP contribution in [-0.4, -0.2) is 51.3 Å². The van der Waals surface area contributed by atoms with E-state index in [0.717, 1.165) is 42.9 Å². The van der Waals surface area contributed by atoms with Gasteiger partial charge in [-0.05, 0) is 62.2 Å². The summed E-state index contributed by atoms with van der Waals surface area (Å²) < 4.78 is 10.5. The minimum atomic E-state index is -0.431. The molecule has 1 aliphatic rings. The van der Waals surface area contributed by atoms with Crippen LogP contribution in [0.25, 0.3) is 0 Å². The quantitative estimate of drug-likeness (QED) is 0.109. The van der Waals surface area contributed by atoms with E-state index in [2.05, 4.69) is 51.8 Å². The van der Waals surface area contributed by atoms with Gasteiger partial charge < -0.3 is 29.9 Å². The molecule has 0 atom stereocenters. The molecule has 0 aliphatic carbocycles. The maximum absolute atomic E-state index is 12.7. The van der Waals surface area contributed by atoms with Crippen LogP contribution >= 0.6 is 0 Å². The van der Waals surface area contributed by atoms with E-state index >= 15 is 0 Å². The monoisotopic (exact) mass is 736 g/mol. The number of amides is 5. The van der Waals surface area contributed by atoms with Gasteiger partial charge in [-0.1, -0.05) is 69.6 Å². The highest BCUT2D eigenvalue weighted by Crippen LogP contribution is 2.26. The number of aryl methyl sites for hydroxylation is 1. The fourth-order valence-electron chi connectivity index (χ4n) is 5.25. The number of nitrogens with zero attached hydrogens (tertiary/aromatic N) is 5. The maximum atomic E-state index is 12.7. The van der Waals surface area contributed by atoms with Crippen LogP contribution in [0, 0.1) is 12.8 Å². The summed E-state index contributed by atoms with van der Waals surface area (Å²) in [6.07, 6.45) is 4.92. The number of nitrogens with one attached hydrogen (secondary N) is 5. The number of urea groups is 2. The van der Waals surface area contributed by atoms with Crippen molar-refractivity contribution in [2.75, 3.05) is 44.6 Å². The Morgan fingerprint density at radius 2 is 1.07 bits per heavy atom. The standard InChI is InChI=1S/C24H29N7O3.C15H19N3O2/c1-24(2,3)19-15-20(30-34-19)29-23(33)28-18-7-5-17(6-8-18)27-21(32)16-9-13-31(14-10-16)22-25-11-4-12-26-22;1-10-5-7-11(8-6-10)16-14(19)17-13-9-12(20-18-13)15(2,3)4/h4-8,11-12,15-16H,9-10,13-14H2,1-3H3,(H,27,32)(H2,28,29,30,33);5-9H,1-4H3,(H2,16,17,18,19). The normalized spacial score (nSPS) is 13.3.